The van der Waals surface area contributed by atoms with Crippen molar-refractivity contribution in [3.63, 3.8) is 0 Å². The van der Waals surface area contributed by atoms with Crippen molar-refractivity contribution in [1.82, 2.24) is 29.8 Å². The molecule has 0 fully saturated rings. The van der Waals surface area contributed by atoms with Crippen molar-refractivity contribution in [2.45, 2.75) is 33.2 Å². The highest BCUT2D eigenvalue weighted by atomic mass is 16.5. The normalized spacial score (nSPS) is 11.8. The lowest BCUT2D eigenvalue weighted by molar-refractivity contribution is 0.0669. The van der Waals surface area contributed by atoms with E-state index in [0.29, 0.717) is 12.2 Å². The van der Waals surface area contributed by atoms with Crippen molar-refractivity contribution < 1.29 is 9.53 Å². The molecule has 3 aromatic heterocycles. The molecule has 8 nitrogen and oxygen atoms in total. The zero-order valence-electron chi connectivity index (χ0n) is 21.7. The molecule has 38 heavy (non-hydrogen) atoms. The summed E-state index contributed by atoms with van der Waals surface area (Å²) in [7, 11) is 0. The smallest absolute Gasteiger partial charge is 0.273 e. The number of ether oxygens (including phenoxy) is 1. The molecule has 0 spiro atoms. The molecule has 0 saturated carbocycles. The summed E-state index contributed by atoms with van der Waals surface area (Å²) >= 11 is 0. The van der Waals surface area contributed by atoms with E-state index in [1.165, 1.54) is 0 Å². The predicted molar refractivity (Wildman–Crippen MR) is 147 cm³/mol. The van der Waals surface area contributed by atoms with E-state index in [0.717, 1.165) is 52.1 Å². The van der Waals surface area contributed by atoms with E-state index in [-0.39, 0.29) is 11.9 Å². The molecule has 0 saturated heterocycles. The van der Waals surface area contributed by atoms with Crippen LogP contribution in [0.2, 0.25) is 0 Å². The van der Waals surface area contributed by atoms with Gasteiger partial charge in [0.1, 0.15) is 28.8 Å². The monoisotopic (exact) mass is 506 g/mol. The molecule has 1 unspecified atom stereocenters. The number of carbonyl (C=O) groups excluding carboxylic acids is 1. The van der Waals surface area contributed by atoms with Gasteiger partial charge in [0.15, 0.2) is 0 Å². The molecule has 8 heteroatoms. The highest BCUT2D eigenvalue weighted by Crippen LogP contribution is 2.30. The number of aryl methyl sites for hydroxylation is 1. The number of nitrogens with one attached hydrogen (secondary N) is 2. The van der Waals surface area contributed by atoms with Gasteiger partial charge in [-0.05, 0) is 74.4 Å². The van der Waals surface area contributed by atoms with E-state index in [9.17, 15) is 4.79 Å². The lowest BCUT2D eigenvalue weighted by Gasteiger charge is -2.28. The third-order valence-electron chi connectivity index (χ3n) is 6.41. The summed E-state index contributed by atoms with van der Waals surface area (Å²) in [5, 5.41) is 0. The van der Waals surface area contributed by atoms with Crippen molar-refractivity contribution in [3.05, 3.63) is 103 Å². The lowest BCUT2D eigenvalue weighted by Crippen LogP contribution is -2.35. The van der Waals surface area contributed by atoms with Crippen LogP contribution < -0.4 is 4.74 Å². The Kier molecular flexibility index (Phi) is 7.31. The van der Waals surface area contributed by atoms with Crippen molar-refractivity contribution in [3.8, 4) is 34.0 Å². The SMILES string of the molecule is CCC(c1ncc(-c2ccc(Oc3cccc(-c4cnc(C)[nH]4)c3)cc2)[nH]1)N(CC)C(=O)c1ccccn1. The van der Waals surface area contributed by atoms with Crippen LogP contribution in [0.1, 0.15) is 48.4 Å². The Labute approximate surface area is 221 Å². The van der Waals surface area contributed by atoms with Crippen molar-refractivity contribution in [2.24, 2.45) is 0 Å². The van der Waals surface area contributed by atoms with Crippen LogP contribution in [0.5, 0.6) is 11.5 Å². The van der Waals surface area contributed by atoms with Gasteiger partial charge in [-0.15, -0.1) is 0 Å². The van der Waals surface area contributed by atoms with Crippen LogP contribution in [0.4, 0.5) is 0 Å². The van der Waals surface area contributed by atoms with Gasteiger partial charge in [-0.3, -0.25) is 9.78 Å². The third-order valence-corrected chi connectivity index (χ3v) is 6.41. The van der Waals surface area contributed by atoms with Crippen LogP contribution in [-0.2, 0) is 0 Å². The molecule has 5 aromatic rings. The highest BCUT2D eigenvalue weighted by Gasteiger charge is 2.26. The van der Waals surface area contributed by atoms with Crippen molar-refractivity contribution >= 4 is 5.91 Å². The van der Waals surface area contributed by atoms with Gasteiger partial charge in [-0.2, -0.15) is 0 Å². The minimum atomic E-state index is -0.184. The number of aromatic amines is 2. The van der Waals surface area contributed by atoms with Gasteiger partial charge in [0, 0.05) is 18.3 Å². The third kappa shape index (κ3) is 5.34. The number of pyridine rings is 1. The lowest BCUT2D eigenvalue weighted by atomic mass is 10.1. The summed E-state index contributed by atoms with van der Waals surface area (Å²) in [6.45, 7) is 6.50. The van der Waals surface area contributed by atoms with E-state index in [1.807, 2.05) is 80.8 Å². The van der Waals surface area contributed by atoms with E-state index < -0.39 is 0 Å². The maximum Gasteiger partial charge on any atom is 0.273 e. The first-order valence-corrected chi connectivity index (χ1v) is 12.7. The fraction of sp³-hybridized carbons (Fsp3) is 0.200. The van der Waals surface area contributed by atoms with E-state index >= 15 is 0 Å². The van der Waals surface area contributed by atoms with Gasteiger partial charge in [-0.1, -0.05) is 25.1 Å². The quantitative estimate of drug-likeness (QED) is 0.235. The summed E-state index contributed by atoms with van der Waals surface area (Å²) in [5.41, 5.74) is 4.25. The first-order chi connectivity index (χ1) is 18.6. The zero-order valence-corrected chi connectivity index (χ0v) is 21.7. The molecule has 2 N–H and O–H groups in total. The number of amides is 1. The molecular weight excluding hydrogens is 476 g/mol. The van der Waals surface area contributed by atoms with Gasteiger partial charge in [0.05, 0.1) is 29.8 Å². The minimum absolute atomic E-state index is 0.105. The number of hydrogen-bond donors (Lipinski definition) is 2. The van der Waals surface area contributed by atoms with Crippen LogP contribution in [0, 0.1) is 6.92 Å². The summed E-state index contributed by atoms with van der Waals surface area (Å²) < 4.78 is 6.10. The number of aromatic nitrogens is 5. The number of H-pyrrole nitrogens is 2. The highest BCUT2D eigenvalue weighted by molar-refractivity contribution is 5.92. The molecule has 3 heterocycles. The molecule has 1 amide bonds. The first kappa shape index (κ1) is 25.0. The maximum atomic E-state index is 13.1. The summed E-state index contributed by atoms with van der Waals surface area (Å²) in [5.74, 6) is 2.99. The molecule has 0 aliphatic rings. The average Bonchev–Trinajstić information content (AvgIpc) is 3.62. The number of nitrogens with zero attached hydrogens (tertiary/aromatic N) is 4. The molecule has 0 aliphatic heterocycles. The molecule has 1 atom stereocenters. The van der Waals surface area contributed by atoms with Gasteiger partial charge in [0.25, 0.3) is 5.91 Å². The topological polar surface area (TPSA) is 99.8 Å². The molecule has 192 valence electrons. The number of benzene rings is 2. The first-order valence-electron chi connectivity index (χ1n) is 12.7. The number of carbonyl (C=O) groups is 1. The van der Waals surface area contributed by atoms with Crippen LogP contribution in [0.15, 0.2) is 85.3 Å². The Morgan fingerprint density at radius 2 is 1.66 bits per heavy atom. The Balaban J connectivity index is 1.30. The molecular formula is C30H30N6O2. The zero-order chi connectivity index (χ0) is 26.5. The second kappa shape index (κ2) is 11.1. The Bertz CT molecular complexity index is 1510. The Hall–Kier alpha value is -4.72. The van der Waals surface area contributed by atoms with Crippen molar-refractivity contribution in [1.29, 1.82) is 0 Å². The largest absolute Gasteiger partial charge is 0.457 e. The maximum absolute atomic E-state index is 13.1. The van der Waals surface area contributed by atoms with Gasteiger partial charge in [0.2, 0.25) is 0 Å². The van der Waals surface area contributed by atoms with Gasteiger partial charge in [-0.25, -0.2) is 9.97 Å². The van der Waals surface area contributed by atoms with Crippen LogP contribution in [0.25, 0.3) is 22.5 Å². The van der Waals surface area contributed by atoms with E-state index in [4.69, 9.17) is 4.74 Å². The fourth-order valence-electron chi connectivity index (χ4n) is 4.49. The molecule has 0 bridgehead atoms. The summed E-state index contributed by atoms with van der Waals surface area (Å²) in [6.07, 6.45) is 5.99. The second-order valence-electron chi connectivity index (χ2n) is 8.95. The van der Waals surface area contributed by atoms with Crippen molar-refractivity contribution in [2.75, 3.05) is 6.54 Å². The molecule has 0 aliphatic carbocycles. The Morgan fingerprint density at radius 3 is 2.34 bits per heavy atom. The molecule has 2 aromatic carbocycles. The van der Waals surface area contributed by atoms with Gasteiger partial charge >= 0.3 is 0 Å². The van der Waals surface area contributed by atoms with E-state index in [1.54, 1.807) is 23.2 Å². The summed E-state index contributed by atoms with van der Waals surface area (Å²) in [6, 6.07) is 20.9. The molecule has 5 rings (SSSR count). The van der Waals surface area contributed by atoms with E-state index in [2.05, 4.69) is 31.8 Å². The van der Waals surface area contributed by atoms with Crippen LogP contribution in [-0.4, -0.2) is 42.3 Å². The number of rotatable bonds is 9. The standard InChI is InChI=1S/C30H30N6O2/c1-4-28(36(5-2)30(37)25-11-6-7-16-31-25)29-33-19-26(35-29)21-12-14-23(15-13-21)38-24-10-8-9-22(17-24)27-18-32-20(3)34-27/h6-19,28H,4-5H2,1-3H3,(H,32,34)(H,33,35). The summed E-state index contributed by atoms with van der Waals surface area (Å²) in [4.78, 5) is 34.7. The predicted octanol–water partition coefficient (Wildman–Crippen LogP) is 6.58. The molecule has 0 radical (unpaired) electrons. The second-order valence-corrected chi connectivity index (χ2v) is 8.95. The Morgan fingerprint density at radius 1 is 0.868 bits per heavy atom. The number of hydrogen-bond acceptors (Lipinski definition) is 5. The fourth-order valence-corrected chi connectivity index (χ4v) is 4.49. The minimum Gasteiger partial charge on any atom is -0.457 e. The van der Waals surface area contributed by atoms with Crippen LogP contribution in [0.3, 0.4) is 0 Å². The average molecular weight is 507 g/mol. The van der Waals surface area contributed by atoms with Crippen LogP contribution >= 0.6 is 0 Å². The number of imidazole rings is 2. The van der Waals surface area contributed by atoms with Gasteiger partial charge < -0.3 is 19.6 Å².